The number of halogens is 2. The fourth-order valence-electron chi connectivity index (χ4n) is 1.37. The minimum Gasteiger partial charge on any atom is -0.464 e. The Labute approximate surface area is 107 Å². The molecular formula is C12H8ClFN2O2. The fourth-order valence-corrected chi connectivity index (χ4v) is 1.64. The maximum atomic E-state index is 12.9. The van der Waals surface area contributed by atoms with Gasteiger partial charge in [0.2, 0.25) is 0 Å². The predicted octanol–water partition coefficient (Wildman–Crippen LogP) is 2.72. The van der Waals surface area contributed by atoms with Crippen molar-refractivity contribution in [1.82, 2.24) is 9.97 Å². The number of hydrogen-bond acceptors (Lipinski definition) is 4. The number of aromatic nitrogens is 2. The van der Waals surface area contributed by atoms with E-state index in [-0.39, 0.29) is 10.7 Å². The summed E-state index contributed by atoms with van der Waals surface area (Å²) in [5.41, 5.74) is 1.09. The van der Waals surface area contributed by atoms with E-state index in [1.807, 2.05) is 0 Å². The molecule has 1 aromatic carbocycles. The molecule has 0 atom stereocenters. The first-order chi connectivity index (χ1) is 8.61. The molecule has 92 valence electrons. The number of carbonyl (C=O) groups excluding carboxylic acids is 1. The molecule has 2 rings (SSSR count). The van der Waals surface area contributed by atoms with E-state index in [0.29, 0.717) is 11.3 Å². The summed E-state index contributed by atoms with van der Waals surface area (Å²) in [6, 6.07) is 3.96. The smallest absolute Gasteiger partial charge is 0.358 e. The maximum Gasteiger partial charge on any atom is 0.358 e. The van der Waals surface area contributed by atoms with E-state index in [9.17, 15) is 9.18 Å². The molecule has 0 spiro atoms. The van der Waals surface area contributed by atoms with Gasteiger partial charge in [0, 0.05) is 5.56 Å². The third-order valence-electron chi connectivity index (χ3n) is 2.25. The van der Waals surface area contributed by atoms with Crippen LogP contribution < -0.4 is 0 Å². The summed E-state index contributed by atoms with van der Waals surface area (Å²) in [6.45, 7) is 0. The Morgan fingerprint density at radius 3 is 2.67 bits per heavy atom. The molecule has 2 aromatic rings. The van der Waals surface area contributed by atoms with Crippen molar-refractivity contribution in [2.24, 2.45) is 0 Å². The molecule has 0 fully saturated rings. The number of benzene rings is 1. The Hall–Kier alpha value is -2.01. The largest absolute Gasteiger partial charge is 0.464 e. The number of methoxy groups -OCH3 is 1. The number of esters is 1. The first-order valence-corrected chi connectivity index (χ1v) is 5.35. The quantitative estimate of drug-likeness (QED) is 0.784. The van der Waals surface area contributed by atoms with Crippen LogP contribution in [-0.2, 0) is 4.74 Å². The summed E-state index contributed by atoms with van der Waals surface area (Å²) in [5, 5.41) is 0.232. The van der Waals surface area contributed by atoms with Crippen molar-refractivity contribution in [3.05, 3.63) is 47.1 Å². The summed E-state index contributed by atoms with van der Waals surface area (Å²) in [4.78, 5) is 19.1. The van der Waals surface area contributed by atoms with E-state index in [1.54, 1.807) is 0 Å². The highest BCUT2D eigenvalue weighted by Gasteiger charge is 2.10. The fraction of sp³-hybridized carbons (Fsp3) is 0.0833. The van der Waals surface area contributed by atoms with Gasteiger partial charge in [0.25, 0.3) is 0 Å². The molecule has 1 heterocycles. The highest BCUT2D eigenvalue weighted by molar-refractivity contribution is 6.33. The van der Waals surface area contributed by atoms with Gasteiger partial charge in [-0.15, -0.1) is 0 Å². The normalized spacial score (nSPS) is 10.2. The molecule has 0 saturated heterocycles. The van der Waals surface area contributed by atoms with E-state index in [0.717, 1.165) is 0 Å². The van der Waals surface area contributed by atoms with Crippen LogP contribution in [0.4, 0.5) is 4.39 Å². The van der Waals surface area contributed by atoms with Gasteiger partial charge in [-0.1, -0.05) is 11.6 Å². The number of rotatable bonds is 2. The van der Waals surface area contributed by atoms with Gasteiger partial charge < -0.3 is 4.74 Å². The van der Waals surface area contributed by atoms with Crippen molar-refractivity contribution in [3.63, 3.8) is 0 Å². The van der Waals surface area contributed by atoms with Crippen molar-refractivity contribution in [2.75, 3.05) is 7.11 Å². The highest BCUT2D eigenvalue weighted by Crippen LogP contribution is 2.26. The first-order valence-electron chi connectivity index (χ1n) is 4.97. The van der Waals surface area contributed by atoms with Gasteiger partial charge in [0.1, 0.15) is 5.82 Å². The lowest BCUT2D eigenvalue weighted by Crippen LogP contribution is -2.04. The standard InChI is InChI=1S/C12H8ClFN2O2/c1-18-12(17)11-6-15-10(5-16-11)8-3-2-7(14)4-9(8)13/h2-6H,1H3. The summed E-state index contributed by atoms with van der Waals surface area (Å²) in [7, 11) is 1.26. The van der Waals surface area contributed by atoms with Crippen LogP contribution in [0.3, 0.4) is 0 Å². The third-order valence-corrected chi connectivity index (χ3v) is 2.57. The predicted molar refractivity (Wildman–Crippen MR) is 63.8 cm³/mol. The minimum absolute atomic E-state index is 0.0967. The van der Waals surface area contributed by atoms with Crippen LogP contribution >= 0.6 is 11.6 Å². The molecule has 0 radical (unpaired) electrons. The van der Waals surface area contributed by atoms with E-state index >= 15 is 0 Å². The number of hydrogen-bond donors (Lipinski definition) is 0. The molecule has 0 bridgehead atoms. The Bertz CT molecular complexity index is 587. The highest BCUT2D eigenvalue weighted by atomic mass is 35.5. The van der Waals surface area contributed by atoms with E-state index in [4.69, 9.17) is 11.6 Å². The van der Waals surface area contributed by atoms with Gasteiger partial charge in [-0.25, -0.2) is 14.2 Å². The number of carbonyl (C=O) groups is 1. The lowest BCUT2D eigenvalue weighted by atomic mass is 10.1. The van der Waals surface area contributed by atoms with Crippen LogP contribution in [0.15, 0.2) is 30.6 Å². The van der Waals surface area contributed by atoms with Gasteiger partial charge in [-0.3, -0.25) is 4.98 Å². The number of ether oxygens (including phenoxy) is 1. The SMILES string of the molecule is COC(=O)c1cnc(-c2ccc(F)cc2Cl)cn1. The van der Waals surface area contributed by atoms with Gasteiger partial charge >= 0.3 is 5.97 Å². The molecule has 0 N–H and O–H groups in total. The monoisotopic (exact) mass is 266 g/mol. The molecule has 0 amide bonds. The molecule has 0 aliphatic heterocycles. The zero-order chi connectivity index (χ0) is 13.1. The molecule has 0 aliphatic carbocycles. The molecule has 6 heteroatoms. The van der Waals surface area contributed by atoms with Gasteiger partial charge in [-0.2, -0.15) is 0 Å². The van der Waals surface area contributed by atoms with Gasteiger partial charge in [0.05, 0.1) is 30.2 Å². The van der Waals surface area contributed by atoms with E-state index < -0.39 is 11.8 Å². The Morgan fingerprint density at radius 1 is 1.33 bits per heavy atom. The summed E-state index contributed by atoms with van der Waals surface area (Å²) < 4.78 is 17.4. The Morgan fingerprint density at radius 2 is 2.11 bits per heavy atom. The summed E-state index contributed by atoms with van der Waals surface area (Å²) >= 11 is 5.89. The van der Waals surface area contributed by atoms with Crippen LogP contribution in [0.5, 0.6) is 0 Å². The van der Waals surface area contributed by atoms with Gasteiger partial charge in [-0.05, 0) is 18.2 Å². The van der Waals surface area contributed by atoms with Crippen LogP contribution in [0.2, 0.25) is 5.02 Å². The van der Waals surface area contributed by atoms with Gasteiger partial charge in [0.15, 0.2) is 5.69 Å². The third kappa shape index (κ3) is 2.46. The van der Waals surface area contributed by atoms with E-state index in [1.165, 1.54) is 37.7 Å². The summed E-state index contributed by atoms with van der Waals surface area (Å²) in [5.74, 6) is -0.998. The average Bonchev–Trinajstić information content (AvgIpc) is 2.38. The van der Waals surface area contributed by atoms with Crippen molar-refractivity contribution in [1.29, 1.82) is 0 Å². The minimum atomic E-state index is -0.570. The summed E-state index contributed by atoms with van der Waals surface area (Å²) in [6.07, 6.45) is 2.66. The Balaban J connectivity index is 2.37. The maximum absolute atomic E-state index is 12.9. The Kier molecular flexibility index (Phi) is 3.53. The molecule has 0 saturated carbocycles. The van der Waals surface area contributed by atoms with Crippen LogP contribution in [0.1, 0.15) is 10.5 Å². The molecule has 18 heavy (non-hydrogen) atoms. The average molecular weight is 267 g/mol. The van der Waals surface area contributed by atoms with E-state index in [2.05, 4.69) is 14.7 Å². The van der Waals surface area contributed by atoms with Crippen LogP contribution in [0, 0.1) is 5.82 Å². The zero-order valence-electron chi connectivity index (χ0n) is 9.35. The van der Waals surface area contributed by atoms with Crippen LogP contribution in [-0.4, -0.2) is 23.0 Å². The second kappa shape index (κ2) is 5.10. The van der Waals surface area contributed by atoms with Crippen molar-refractivity contribution in [3.8, 4) is 11.3 Å². The number of nitrogens with zero attached hydrogens (tertiary/aromatic N) is 2. The second-order valence-electron chi connectivity index (χ2n) is 3.40. The lowest BCUT2D eigenvalue weighted by molar-refractivity contribution is 0.0593. The molecular weight excluding hydrogens is 259 g/mol. The van der Waals surface area contributed by atoms with Crippen molar-refractivity contribution < 1.29 is 13.9 Å². The zero-order valence-corrected chi connectivity index (χ0v) is 10.1. The lowest BCUT2D eigenvalue weighted by Gasteiger charge is -2.04. The first kappa shape index (κ1) is 12.4. The molecule has 0 aliphatic rings. The topological polar surface area (TPSA) is 52.1 Å². The molecule has 0 unspecified atom stereocenters. The molecule has 1 aromatic heterocycles. The van der Waals surface area contributed by atoms with Crippen molar-refractivity contribution >= 4 is 17.6 Å². The second-order valence-corrected chi connectivity index (χ2v) is 3.81. The van der Waals surface area contributed by atoms with Crippen LogP contribution in [0.25, 0.3) is 11.3 Å². The van der Waals surface area contributed by atoms with Crippen molar-refractivity contribution in [2.45, 2.75) is 0 Å². The molecule has 4 nitrogen and oxygen atoms in total.